The summed E-state index contributed by atoms with van der Waals surface area (Å²) in [5.41, 5.74) is 2.05. The van der Waals surface area contributed by atoms with Gasteiger partial charge in [0.15, 0.2) is 17.5 Å². The highest BCUT2D eigenvalue weighted by Crippen LogP contribution is 2.29. The minimum Gasteiger partial charge on any atom is -0.493 e. The zero-order valence-corrected chi connectivity index (χ0v) is 17.4. The summed E-state index contributed by atoms with van der Waals surface area (Å²) < 4.78 is 12.4. The summed E-state index contributed by atoms with van der Waals surface area (Å²) in [5, 5.41) is 10.7. The van der Waals surface area contributed by atoms with Gasteiger partial charge in [0.1, 0.15) is 0 Å². The third kappa shape index (κ3) is 6.45. The van der Waals surface area contributed by atoms with Crippen LogP contribution in [0.2, 0.25) is 0 Å². The van der Waals surface area contributed by atoms with Gasteiger partial charge in [-0.1, -0.05) is 0 Å². The molecule has 0 amide bonds. The van der Waals surface area contributed by atoms with Crippen LogP contribution in [0.5, 0.6) is 11.5 Å². The maximum atomic E-state index is 5.33. The number of hydrogen-bond acceptors (Lipinski definition) is 4. The molecule has 1 heterocycles. The van der Waals surface area contributed by atoms with E-state index in [-0.39, 0.29) is 24.0 Å². The zero-order valence-electron chi connectivity index (χ0n) is 15.1. The number of benzene rings is 1. The first-order valence-electron chi connectivity index (χ1n) is 7.91. The molecule has 2 N–H and O–H groups in total. The van der Waals surface area contributed by atoms with Gasteiger partial charge in [-0.3, -0.25) is 9.67 Å². The molecule has 2 aromatic rings. The quantitative estimate of drug-likeness (QED) is 0.379. The predicted molar refractivity (Wildman–Crippen MR) is 111 cm³/mol. The number of anilines is 1. The third-order valence-electron chi connectivity index (χ3n) is 3.42. The fourth-order valence-corrected chi connectivity index (χ4v) is 2.26. The van der Waals surface area contributed by atoms with Crippen molar-refractivity contribution in [1.82, 2.24) is 15.1 Å². The molecule has 0 unspecified atom stereocenters. The lowest BCUT2D eigenvalue weighted by molar-refractivity contribution is 0.355. The van der Waals surface area contributed by atoms with Crippen LogP contribution < -0.4 is 20.1 Å². The van der Waals surface area contributed by atoms with Gasteiger partial charge in [-0.2, -0.15) is 5.10 Å². The summed E-state index contributed by atoms with van der Waals surface area (Å²) in [5.74, 6) is 2.10. The molecule has 7 nitrogen and oxygen atoms in total. The first-order valence-corrected chi connectivity index (χ1v) is 7.91. The molecule has 0 aliphatic carbocycles. The molecule has 0 spiro atoms. The van der Waals surface area contributed by atoms with Gasteiger partial charge >= 0.3 is 0 Å². The van der Waals surface area contributed by atoms with Gasteiger partial charge in [-0.25, -0.2) is 0 Å². The van der Waals surface area contributed by atoms with Gasteiger partial charge < -0.3 is 20.1 Å². The Bertz CT molecular complexity index is 687. The van der Waals surface area contributed by atoms with Crippen molar-refractivity contribution >= 4 is 35.6 Å². The van der Waals surface area contributed by atoms with E-state index in [1.54, 1.807) is 18.9 Å². The average molecular weight is 459 g/mol. The van der Waals surface area contributed by atoms with E-state index in [1.165, 1.54) is 5.56 Å². The Morgan fingerprint density at radius 3 is 2.60 bits per heavy atom. The van der Waals surface area contributed by atoms with Crippen molar-refractivity contribution in [2.24, 2.45) is 12.0 Å². The van der Waals surface area contributed by atoms with E-state index in [0.29, 0.717) is 18.0 Å². The first-order chi connectivity index (χ1) is 11.7. The summed E-state index contributed by atoms with van der Waals surface area (Å²) in [6.07, 6.45) is 4.71. The van der Waals surface area contributed by atoms with E-state index in [4.69, 9.17) is 9.47 Å². The maximum absolute atomic E-state index is 5.33. The number of rotatable bonds is 7. The smallest absolute Gasteiger partial charge is 0.195 e. The number of nitrogens with one attached hydrogen (secondary N) is 2. The van der Waals surface area contributed by atoms with Crippen molar-refractivity contribution in [3.8, 4) is 11.5 Å². The lowest BCUT2D eigenvalue weighted by Crippen LogP contribution is -2.30. The molecule has 0 radical (unpaired) electrons. The van der Waals surface area contributed by atoms with Gasteiger partial charge in [0.05, 0.1) is 20.4 Å². The molecule has 138 valence electrons. The fraction of sp³-hybridized carbons (Fsp3) is 0.412. The third-order valence-corrected chi connectivity index (χ3v) is 3.42. The number of hydrogen-bond donors (Lipinski definition) is 2. The van der Waals surface area contributed by atoms with Crippen molar-refractivity contribution in [3.63, 3.8) is 0 Å². The summed E-state index contributed by atoms with van der Waals surface area (Å²) in [4.78, 5) is 4.60. The Morgan fingerprint density at radius 1 is 1.24 bits per heavy atom. The zero-order chi connectivity index (χ0) is 17.4. The molecule has 0 atom stereocenters. The van der Waals surface area contributed by atoms with Crippen molar-refractivity contribution in [2.75, 3.05) is 32.6 Å². The minimum absolute atomic E-state index is 0. The van der Waals surface area contributed by atoms with E-state index in [2.05, 4.69) is 20.7 Å². The Morgan fingerprint density at radius 2 is 2.00 bits per heavy atom. The molecule has 1 aromatic heterocycles. The van der Waals surface area contributed by atoms with Crippen molar-refractivity contribution in [2.45, 2.75) is 13.3 Å². The number of methoxy groups -OCH3 is 2. The van der Waals surface area contributed by atoms with Gasteiger partial charge in [0, 0.05) is 38.1 Å². The molecule has 2 rings (SSSR count). The van der Waals surface area contributed by atoms with E-state index in [9.17, 15) is 0 Å². The molecule has 25 heavy (non-hydrogen) atoms. The number of aliphatic imine (C=N–C) groups is 1. The maximum Gasteiger partial charge on any atom is 0.195 e. The van der Waals surface area contributed by atoms with Crippen LogP contribution in [-0.4, -0.2) is 43.0 Å². The molecule has 0 aliphatic heterocycles. The summed E-state index contributed by atoms with van der Waals surface area (Å²) in [7, 11) is 5.15. The molecule has 0 saturated heterocycles. The fourth-order valence-electron chi connectivity index (χ4n) is 2.26. The Hall–Kier alpha value is -1.97. The highest BCUT2D eigenvalue weighted by Gasteiger charge is 2.06. The number of aryl methyl sites for hydroxylation is 1. The number of halogens is 1. The molecule has 0 saturated carbocycles. The Labute approximate surface area is 165 Å². The van der Waals surface area contributed by atoms with Crippen LogP contribution in [-0.2, 0) is 13.5 Å². The SMILES string of the molecule is CCNC(=NCCc1cnn(C)c1)Nc1ccc(OC)c(OC)c1.I. The monoisotopic (exact) mass is 459 g/mol. The summed E-state index contributed by atoms with van der Waals surface area (Å²) in [6.45, 7) is 3.49. The van der Waals surface area contributed by atoms with E-state index in [1.807, 2.05) is 44.6 Å². The highest BCUT2D eigenvalue weighted by molar-refractivity contribution is 14.0. The Balaban J connectivity index is 0.00000312. The highest BCUT2D eigenvalue weighted by atomic mass is 127. The molecule has 8 heteroatoms. The second kappa shape index (κ2) is 10.8. The lowest BCUT2D eigenvalue weighted by Gasteiger charge is -2.13. The van der Waals surface area contributed by atoms with Crippen LogP contribution in [0.3, 0.4) is 0 Å². The van der Waals surface area contributed by atoms with Crippen LogP contribution in [0, 0.1) is 0 Å². The van der Waals surface area contributed by atoms with Crippen molar-refractivity contribution < 1.29 is 9.47 Å². The normalized spacial score (nSPS) is 10.8. The first kappa shape index (κ1) is 21.1. The minimum atomic E-state index is 0. The average Bonchev–Trinajstić information content (AvgIpc) is 3.00. The second-order valence-electron chi connectivity index (χ2n) is 5.23. The van der Waals surface area contributed by atoms with Crippen LogP contribution in [0.1, 0.15) is 12.5 Å². The molecule has 1 aromatic carbocycles. The number of aromatic nitrogens is 2. The standard InChI is InChI=1S/C17H25N5O2.HI/c1-5-18-17(19-9-8-13-11-20-22(2)12-13)21-14-6-7-15(23-3)16(10-14)24-4;/h6-7,10-12H,5,8-9H2,1-4H3,(H2,18,19,21);1H. The number of nitrogens with zero attached hydrogens (tertiary/aromatic N) is 3. The number of ether oxygens (including phenoxy) is 2. The van der Waals surface area contributed by atoms with E-state index >= 15 is 0 Å². The molecule has 0 fully saturated rings. The van der Waals surface area contributed by atoms with Crippen LogP contribution in [0.15, 0.2) is 35.6 Å². The van der Waals surface area contributed by atoms with Crippen molar-refractivity contribution in [3.05, 3.63) is 36.2 Å². The molecule has 0 aliphatic rings. The van der Waals surface area contributed by atoms with Crippen LogP contribution >= 0.6 is 24.0 Å². The van der Waals surface area contributed by atoms with Gasteiger partial charge in [0.2, 0.25) is 0 Å². The predicted octanol–water partition coefficient (Wildman–Crippen LogP) is 2.68. The van der Waals surface area contributed by atoms with Gasteiger partial charge in [-0.15, -0.1) is 24.0 Å². The van der Waals surface area contributed by atoms with Gasteiger partial charge in [0.25, 0.3) is 0 Å². The topological polar surface area (TPSA) is 72.7 Å². The van der Waals surface area contributed by atoms with Crippen LogP contribution in [0.4, 0.5) is 5.69 Å². The van der Waals surface area contributed by atoms with Crippen LogP contribution in [0.25, 0.3) is 0 Å². The largest absolute Gasteiger partial charge is 0.493 e. The number of guanidine groups is 1. The second-order valence-corrected chi connectivity index (χ2v) is 5.23. The molecule has 0 bridgehead atoms. The van der Waals surface area contributed by atoms with E-state index < -0.39 is 0 Å². The molecular weight excluding hydrogens is 433 g/mol. The molecular formula is C17H26IN5O2. The van der Waals surface area contributed by atoms with Crippen molar-refractivity contribution in [1.29, 1.82) is 0 Å². The van der Waals surface area contributed by atoms with Gasteiger partial charge in [-0.05, 0) is 31.0 Å². The summed E-state index contributed by atoms with van der Waals surface area (Å²) in [6, 6.07) is 5.67. The lowest BCUT2D eigenvalue weighted by atomic mass is 10.2. The Kier molecular flexibility index (Phi) is 9.11. The summed E-state index contributed by atoms with van der Waals surface area (Å²) >= 11 is 0. The van der Waals surface area contributed by atoms with E-state index in [0.717, 1.165) is 24.6 Å².